The van der Waals surface area contributed by atoms with Crippen molar-refractivity contribution in [3.8, 4) is 0 Å². The Bertz CT molecular complexity index is 455. The Morgan fingerprint density at radius 3 is 2.82 bits per heavy atom. The third-order valence-corrected chi connectivity index (χ3v) is 4.10. The molecule has 1 aliphatic heterocycles. The van der Waals surface area contributed by atoms with Gasteiger partial charge in [-0.15, -0.1) is 0 Å². The van der Waals surface area contributed by atoms with Crippen molar-refractivity contribution in [1.82, 2.24) is 0 Å². The van der Waals surface area contributed by atoms with E-state index in [0.717, 1.165) is 28.7 Å². The highest BCUT2D eigenvalue weighted by Gasteiger charge is 2.31. The fraction of sp³-hybridized carbons (Fsp3) is 0.462. The van der Waals surface area contributed by atoms with Gasteiger partial charge in [0.05, 0.1) is 17.9 Å². The topological polar surface area (TPSA) is 32.3 Å². The Balaban J connectivity index is 2.00. The average Bonchev–Trinajstić information content (AvgIpc) is 2.82. The number of anilines is 2. The van der Waals surface area contributed by atoms with Gasteiger partial charge in [0.25, 0.3) is 0 Å². The smallest absolute Gasteiger partial charge is 0.246 e. The second-order valence-electron chi connectivity index (χ2n) is 4.72. The maximum absolute atomic E-state index is 12.1. The van der Waals surface area contributed by atoms with Crippen LogP contribution in [0.5, 0.6) is 0 Å². The molecule has 0 saturated heterocycles. The lowest BCUT2D eigenvalue weighted by Crippen LogP contribution is -2.45. The van der Waals surface area contributed by atoms with Gasteiger partial charge in [0.2, 0.25) is 5.91 Å². The van der Waals surface area contributed by atoms with Gasteiger partial charge in [0.1, 0.15) is 0 Å². The predicted octanol–water partition coefficient (Wildman–Crippen LogP) is 3.15. The number of hydrogen-bond acceptors (Lipinski definition) is 2. The van der Waals surface area contributed by atoms with Crippen LogP contribution in [0, 0.1) is 0 Å². The fourth-order valence-corrected chi connectivity index (χ4v) is 3.17. The molecule has 1 amide bonds. The molecular formula is C13H15BrN2O. The fourth-order valence-electron chi connectivity index (χ4n) is 2.81. The number of fused-ring (bicyclic) bond motifs is 1. The largest absolute Gasteiger partial charge is 0.374 e. The summed E-state index contributed by atoms with van der Waals surface area (Å²) in [7, 11) is 0. The van der Waals surface area contributed by atoms with Crippen LogP contribution in [0.3, 0.4) is 0 Å². The monoisotopic (exact) mass is 294 g/mol. The SMILES string of the molecule is O=C1CNc2cc(Br)ccc2N1C1CCCC1. The number of halogens is 1. The summed E-state index contributed by atoms with van der Waals surface area (Å²) in [6.07, 6.45) is 4.77. The van der Waals surface area contributed by atoms with E-state index in [2.05, 4.69) is 21.2 Å². The van der Waals surface area contributed by atoms with E-state index in [1.165, 1.54) is 12.8 Å². The van der Waals surface area contributed by atoms with Gasteiger partial charge in [0, 0.05) is 10.5 Å². The van der Waals surface area contributed by atoms with Crippen molar-refractivity contribution in [2.75, 3.05) is 16.8 Å². The number of nitrogens with one attached hydrogen (secondary N) is 1. The second kappa shape index (κ2) is 4.33. The Hall–Kier alpha value is -1.03. The van der Waals surface area contributed by atoms with E-state index < -0.39 is 0 Å². The average molecular weight is 295 g/mol. The molecule has 17 heavy (non-hydrogen) atoms. The minimum atomic E-state index is 0.201. The first-order valence-corrected chi connectivity index (χ1v) is 6.90. The molecular weight excluding hydrogens is 280 g/mol. The second-order valence-corrected chi connectivity index (χ2v) is 5.63. The van der Waals surface area contributed by atoms with Crippen molar-refractivity contribution in [1.29, 1.82) is 0 Å². The van der Waals surface area contributed by atoms with E-state index in [1.807, 2.05) is 23.1 Å². The third kappa shape index (κ3) is 1.95. The van der Waals surface area contributed by atoms with Crippen molar-refractivity contribution < 1.29 is 4.79 Å². The van der Waals surface area contributed by atoms with Crippen LogP contribution in [-0.2, 0) is 4.79 Å². The summed E-state index contributed by atoms with van der Waals surface area (Å²) in [6.45, 7) is 0.417. The molecule has 90 valence electrons. The Kier molecular flexibility index (Phi) is 2.82. The quantitative estimate of drug-likeness (QED) is 0.863. The van der Waals surface area contributed by atoms with Crippen molar-refractivity contribution >= 4 is 33.2 Å². The molecule has 1 saturated carbocycles. The molecule has 0 spiro atoms. The molecule has 0 radical (unpaired) electrons. The van der Waals surface area contributed by atoms with Crippen LogP contribution in [0.15, 0.2) is 22.7 Å². The summed E-state index contributed by atoms with van der Waals surface area (Å²) in [5.41, 5.74) is 2.10. The zero-order chi connectivity index (χ0) is 11.8. The van der Waals surface area contributed by atoms with Crippen LogP contribution in [0.1, 0.15) is 25.7 Å². The lowest BCUT2D eigenvalue weighted by molar-refractivity contribution is -0.117. The summed E-state index contributed by atoms with van der Waals surface area (Å²) in [4.78, 5) is 14.1. The van der Waals surface area contributed by atoms with Crippen molar-refractivity contribution in [3.63, 3.8) is 0 Å². The molecule has 1 N–H and O–H groups in total. The lowest BCUT2D eigenvalue weighted by atomic mass is 10.1. The molecule has 1 aromatic rings. The van der Waals surface area contributed by atoms with Crippen molar-refractivity contribution in [2.45, 2.75) is 31.7 Å². The minimum absolute atomic E-state index is 0.201. The molecule has 1 heterocycles. The van der Waals surface area contributed by atoms with E-state index in [0.29, 0.717) is 12.6 Å². The number of carbonyl (C=O) groups excluding carboxylic acids is 1. The van der Waals surface area contributed by atoms with Gasteiger partial charge < -0.3 is 10.2 Å². The molecule has 0 bridgehead atoms. The zero-order valence-electron chi connectivity index (χ0n) is 9.58. The highest BCUT2D eigenvalue weighted by Crippen LogP contribution is 2.36. The van der Waals surface area contributed by atoms with E-state index in [1.54, 1.807) is 0 Å². The maximum atomic E-state index is 12.1. The molecule has 3 nitrogen and oxygen atoms in total. The molecule has 0 atom stereocenters. The highest BCUT2D eigenvalue weighted by molar-refractivity contribution is 9.10. The van der Waals surface area contributed by atoms with Crippen LogP contribution in [-0.4, -0.2) is 18.5 Å². The van der Waals surface area contributed by atoms with Gasteiger partial charge in [-0.2, -0.15) is 0 Å². The molecule has 0 aromatic heterocycles. The maximum Gasteiger partial charge on any atom is 0.246 e. The summed E-state index contributed by atoms with van der Waals surface area (Å²) in [5.74, 6) is 0.201. The summed E-state index contributed by atoms with van der Waals surface area (Å²) in [6, 6.07) is 6.48. The Morgan fingerprint density at radius 1 is 1.29 bits per heavy atom. The van der Waals surface area contributed by atoms with Gasteiger partial charge >= 0.3 is 0 Å². The van der Waals surface area contributed by atoms with E-state index in [-0.39, 0.29) is 5.91 Å². The summed E-state index contributed by atoms with van der Waals surface area (Å²) in [5, 5.41) is 3.19. The molecule has 1 fully saturated rings. The molecule has 2 aliphatic rings. The van der Waals surface area contributed by atoms with Crippen molar-refractivity contribution in [3.05, 3.63) is 22.7 Å². The van der Waals surface area contributed by atoms with Crippen LogP contribution in [0.25, 0.3) is 0 Å². The number of benzene rings is 1. The van der Waals surface area contributed by atoms with Crippen LogP contribution >= 0.6 is 15.9 Å². The standard InChI is InChI=1S/C13H15BrN2O/c14-9-5-6-12-11(7-9)15-8-13(17)16(12)10-3-1-2-4-10/h5-7,10,15H,1-4,8H2. The summed E-state index contributed by atoms with van der Waals surface area (Å²) < 4.78 is 1.05. The molecule has 4 heteroatoms. The Morgan fingerprint density at radius 2 is 2.06 bits per heavy atom. The van der Waals surface area contributed by atoms with Gasteiger partial charge in [-0.05, 0) is 31.0 Å². The first kappa shape index (κ1) is 11.1. The molecule has 3 rings (SSSR count). The number of amides is 1. The van der Waals surface area contributed by atoms with Crippen LogP contribution in [0.4, 0.5) is 11.4 Å². The normalized spacial score (nSPS) is 20.3. The van der Waals surface area contributed by atoms with Gasteiger partial charge in [-0.1, -0.05) is 28.8 Å². The first-order chi connectivity index (χ1) is 8.25. The highest BCUT2D eigenvalue weighted by atomic mass is 79.9. The third-order valence-electron chi connectivity index (χ3n) is 3.61. The first-order valence-electron chi connectivity index (χ1n) is 6.11. The van der Waals surface area contributed by atoms with Gasteiger partial charge in [-0.3, -0.25) is 4.79 Å². The van der Waals surface area contributed by atoms with E-state index >= 15 is 0 Å². The molecule has 1 aliphatic carbocycles. The van der Waals surface area contributed by atoms with Crippen LogP contribution in [0.2, 0.25) is 0 Å². The predicted molar refractivity (Wildman–Crippen MR) is 72.4 cm³/mol. The zero-order valence-corrected chi connectivity index (χ0v) is 11.2. The molecule has 1 aromatic carbocycles. The number of rotatable bonds is 1. The number of nitrogens with zero attached hydrogens (tertiary/aromatic N) is 1. The van der Waals surface area contributed by atoms with E-state index in [4.69, 9.17) is 0 Å². The van der Waals surface area contributed by atoms with Crippen LogP contribution < -0.4 is 10.2 Å². The molecule has 0 unspecified atom stereocenters. The number of hydrogen-bond donors (Lipinski definition) is 1. The Labute approximate surface area is 109 Å². The minimum Gasteiger partial charge on any atom is -0.374 e. The summed E-state index contributed by atoms with van der Waals surface area (Å²) >= 11 is 3.47. The lowest BCUT2D eigenvalue weighted by Gasteiger charge is -2.34. The van der Waals surface area contributed by atoms with Gasteiger partial charge in [-0.25, -0.2) is 0 Å². The number of carbonyl (C=O) groups is 1. The van der Waals surface area contributed by atoms with E-state index in [9.17, 15) is 4.79 Å². The van der Waals surface area contributed by atoms with Crippen molar-refractivity contribution in [2.24, 2.45) is 0 Å². The van der Waals surface area contributed by atoms with Gasteiger partial charge in [0.15, 0.2) is 0 Å².